The summed E-state index contributed by atoms with van der Waals surface area (Å²) < 4.78 is 0. The average molecular weight is 439 g/mol. The summed E-state index contributed by atoms with van der Waals surface area (Å²) in [7, 11) is 1.73. The first-order valence-electron chi connectivity index (χ1n) is 8.69. The maximum Gasteiger partial charge on any atom is 0.239 e. The molecule has 0 unspecified atom stereocenters. The predicted octanol–water partition coefficient (Wildman–Crippen LogP) is 1.56. The van der Waals surface area contributed by atoms with E-state index in [0.717, 1.165) is 32.5 Å². The van der Waals surface area contributed by atoms with Crippen molar-refractivity contribution in [3.05, 3.63) is 0 Å². The first kappa shape index (κ1) is 22.4. The van der Waals surface area contributed by atoms with Crippen molar-refractivity contribution in [3.8, 4) is 0 Å². The van der Waals surface area contributed by atoms with Gasteiger partial charge >= 0.3 is 0 Å². The molecule has 1 aliphatic heterocycles. The molecule has 1 amide bonds. The zero-order chi connectivity index (χ0) is 16.0. The molecule has 0 radical (unpaired) electrons. The highest BCUT2D eigenvalue weighted by Crippen LogP contribution is 2.09. The van der Waals surface area contributed by atoms with Gasteiger partial charge in [0, 0.05) is 20.1 Å². The summed E-state index contributed by atoms with van der Waals surface area (Å²) in [6, 6.07) is 0. The van der Waals surface area contributed by atoms with Crippen molar-refractivity contribution in [2.24, 2.45) is 4.99 Å². The molecular weight excluding hydrogens is 405 g/mol. The SMILES string of the molecule is CCCNC(=O)CNC(=NC)NCCCN1CCCCCC1.I. The summed E-state index contributed by atoms with van der Waals surface area (Å²) in [5.41, 5.74) is 0. The number of rotatable bonds is 8. The standard InChI is InChI=1S/C16H33N5O.HI/c1-3-9-18-15(22)14-20-16(17-2)19-10-8-13-21-11-6-4-5-7-12-21;/h3-14H2,1-2H3,(H,18,22)(H2,17,19,20);1H. The number of amides is 1. The second-order valence-corrected chi connectivity index (χ2v) is 5.81. The minimum Gasteiger partial charge on any atom is -0.356 e. The van der Waals surface area contributed by atoms with E-state index in [-0.39, 0.29) is 36.4 Å². The number of likely N-dealkylation sites (tertiary alicyclic amines) is 1. The Balaban J connectivity index is 0.00000484. The van der Waals surface area contributed by atoms with Gasteiger partial charge in [0.2, 0.25) is 5.91 Å². The highest BCUT2D eigenvalue weighted by atomic mass is 127. The maximum atomic E-state index is 11.5. The number of carbonyl (C=O) groups is 1. The molecule has 1 heterocycles. The monoisotopic (exact) mass is 439 g/mol. The third-order valence-electron chi connectivity index (χ3n) is 3.85. The smallest absolute Gasteiger partial charge is 0.239 e. The van der Waals surface area contributed by atoms with Crippen LogP contribution in [0, 0.1) is 0 Å². The molecule has 0 saturated carbocycles. The van der Waals surface area contributed by atoms with Gasteiger partial charge in [-0.3, -0.25) is 9.79 Å². The van der Waals surface area contributed by atoms with Gasteiger partial charge in [-0.15, -0.1) is 24.0 Å². The molecule has 0 aromatic heterocycles. The average Bonchev–Trinajstić information content (AvgIpc) is 2.81. The summed E-state index contributed by atoms with van der Waals surface area (Å²) >= 11 is 0. The van der Waals surface area contributed by atoms with E-state index >= 15 is 0 Å². The van der Waals surface area contributed by atoms with Crippen LogP contribution in [0.15, 0.2) is 4.99 Å². The van der Waals surface area contributed by atoms with E-state index < -0.39 is 0 Å². The van der Waals surface area contributed by atoms with Crippen LogP contribution in [0.4, 0.5) is 0 Å². The second-order valence-electron chi connectivity index (χ2n) is 5.81. The Morgan fingerprint density at radius 1 is 1.04 bits per heavy atom. The Kier molecular flexibility index (Phi) is 14.6. The Labute approximate surface area is 158 Å². The maximum absolute atomic E-state index is 11.5. The molecule has 0 aromatic rings. The van der Waals surface area contributed by atoms with E-state index in [1.165, 1.54) is 38.8 Å². The summed E-state index contributed by atoms with van der Waals surface area (Å²) in [5.74, 6) is 0.705. The van der Waals surface area contributed by atoms with Crippen LogP contribution in [-0.2, 0) is 4.79 Å². The first-order chi connectivity index (χ1) is 10.8. The number of hydrogen-bond acceptors (Lipinski definition) is 3. The Morgan fingerprint density at radius 3 is 2.35 bits per heavy atom. The van der Waals surface area contributed by atoms with Gasteiger partial charge in [0.05, 0.1) is 6.54 Å². The quantitative estimate of drug-likeness (QED) is 0.233. The number of hydrogen-bond donors (Lipinski definition) is 3. The van der Waals surface area contributed by atoms with E-state index in [1.807, 2.05) is 6.92 Å². The summed E-state index contributed by atoms with van der Waals surface area (Å²) in [6.07, 6.45) is 7.49. The number of carbonyl (C=O) groups excluding carboxylic acids is 1. The molecule has 1 fully saturated rings. The van der Waals surface area contributed by atoms with Gasteiger partial charge in [-0.2, -0.15) is 0 Å². The Morgan fingerprint density at radius 2 is 1.74 bits per heavy atom. The van der Waals surface area contributed by atoms with Gasteiger partial charge in [-0.05, 0) is 45.3 Å². The van der Waals surface area contributed by atoms with Gasteiger partial charge in [0.15, 0.2) is 5.96 Å². The van der Waals surface area contributed by atoms with Gasteiger partial charge < -0.3 is 20.9 Å². The van der Waals surface area contributed by atoms with Crippen LogP contribution in [0.25, 0.3) is 0 Å². The van der Waals surface area contributed by atoms with E-state index in [0.29, 0.717) is 5.96 Å². The van der Waals surface area contributed by atoms with Crippen molar-refractivity contribution in [1.82, 2.24) is 20.9 Å². The molecule has 0 aliphatic carbocycles. The van der Waals surface area contributed by atoms with Gasteiger partial charge in [0.1, 0.15) is 0 Å². The lowest BCUT2D eigenvalue weighted by Crippen LogP contribution is -2.44. The molecule has 0 atom stereocenters. The van der Waals surface area contributed by atoms with Crippen LogP contribution in [0.2, 0.25) is 0 Å². The minimum atomic E-state index is 0. The van der Waals surface area contributed by atoms with Gasteiger partial charge in [-0.1, -0.05) is 19.8 Å². The molecule has 1 saturated heterocycles. The molecule has 0 aromatic carbocycles. The molecule has 6 nitrogen and oxygen atoms in total. The molecule has 0 spiro atoms. The van der Waals surface area contributed by atoms with Crippen LogP contribution >= 0.6 is 24.0 Å². The van der Waals surface area contributed by atoms with Crippen molar-refractivity contribution in [2.45, 2.75) is 45.4 Å². The van der Waals surface area contributed by atoms with Crippen molar-refractivity contribution < 1.29 is 4.79 Å². The number of nitrogens with zero attached hydrogens (tertiary/aromatic N) is 2. The van der Waals surface area contributed by atoms with E-state index in [9.17, 15) is 4.79 Å². The molecule has 136 valence electrons. The molecule has 7 heteroatoms. The fourth-order valence-electron chi connectivity index (χ4n) is 2.58. The minimum absolute atomic E-state index is 0. The normalized spacial score (nSPS) is 16.2. The van der Waals surface area contributed by atoms with Crippen molar-refractivity contribution in [2.75, 3.05) is 46.3 Å². The molecule has 1 aliphatic rings. The van der Waals surface area contributed by atoms with Gasteiger partial charge in [-0.25, -0.2) is 0 Å². The lowest BCUT2D eigenvalue weighted by Gasteiger charge is -2.20. The van der Waals surface area contributed by atoms with Gasteiger partial charge in [0.25, 0.3) is 0 Å². The lowest BCUT2D eigenvalue weighted by molar-refractivity contribution is -0.120. The Bertz CT molecular complexity index is 330. The van der Waals surface area contributed by atoms with Crippen LogP contribution in [0.3, 0.4) is 0 Å². The van der Waals surface area contributed by atoms with E-state index in [2.05, 4.69) is 25.8 Å². The summed E-state index contributed by atoms with van der Waals surface area (Å²) in [4.78, 5) is 18.2. The predicted molar refractivity (Wildman–Crippen MR) is 108 cm³/mol. The molecule has 23 heavy (non-hydrogen) atoms. The van der Waals surface area contributed by atoms with Crippen molar-refractivity contribution in [1.29, 1.82) is 0 Å². The fourth-order valence-corrected chi connectivity index (χ4v) is 2.58. The van der Waals surface area contributed by atoms with Crippen LogP contribution in [-0.4, -0.2) is 63.1 Å². The van der Waals surface area contributed by atoms with Crippen molar-refractivity contribution >= 4 is 35.8 Å². The van der Waals surface area contributed by atoms with Crippen molar-refractivity contribution in [3.63, 3.8) is 0 Å². The summed E-state index contributed by atoms with van der Waals surface area (Å²) in [6.45, 7) is 7.54. The lowest BCUT2D eigenvalue weighted by atomic mass is 10.2. The number of halogens is 1. The van der Waals surface area contributed by atoms with Crippen LogP contribution < -0.4 is 16.0 Å². The number of nitrogens with one attached hydrogen (secondary N) is 3. The summed E-state index contributed by atoms with van der Waals surface area (Å²) in [5, 5.41) is 9.15. The zero-order valence-corrected chi connectivity index (χ0v) is 17.0. The topological polar surface area (TPSA) is 68.8 Å². The zero-order valence-electron chi connectivity index (χ0n) is 14.7. The molecule has 0 bridgehead atoms. The first-order valence-corrected chi connectivity index (χ1v) is 8.69. The highest BCUT2D eigenvalue weighted by Gasteiger charge is 2.08. The second kappa shape index (κ2) is 15.0. The fraction of sp³-hybridized carbons (Fsp3) is 0.875. The molecule has 1 rings (SSSR count). The Hall–Kier alpha value is -0.570. The third kappa shape index (κ3) is 11.6. The molecule has 3 N–H and O–H groups in total. The largest absolute Gasteiger partial charge is 0.356 e. The number of guanidine groups is 1. The van der Waals surface area contributed by atoms with Crippen LogP contribution in [0.5, 0.6) is 0 Å². The number of aliphatic imine (C=N–C) groups is 1. The third-order valence-corrected chi connectivity index (χ3v) is 3.85. The van der Waals surface area contributed by atoms with E-state index in [4.69, 9.17) is 0 Å². The van der Waals surface area contributed by atoms with E-state index in [1.54, 1.807) is 7.05 Å². The highest BCUT2D eigenvalue weighted by molar-refractivity contribution is 14.0. The molecular formula is C16H34IN5O. The van der Waals surface area contributed by atoms with Crippen LogP contribution in [0.1, 0.15) is 45.4 Å².